The van der Waals surface area contributed by atoms with Crippen molar-refractivity contribution in [1.29, 1.82) is 0 Å². The van der Waals surface area contributed by atoms with Gasteiger partial charge in [0.15, 0.2) is 0 Å². The predicted octanol–water partition coefficient (Wildman–Crippen LogP) is 3.24. The first-order valence-corrected chi connectivity index (χ1v) is 7.88. The van der Waals surface area contributed by atoms with E-state index in [1.165, 1.54) is 23.2 Å². The summed E-state index contributed by atoms with van der Waals surface area (Å²) in [6.45, 7) is 6.59. The van der Waals surface area contributed by atoms with E-state index in [-0.39, 0.29) is 5.91 Å². The van der Waals surface area contributed by atoms with Crippen molar-refractivity contribution in [2.75, 3.05) is 25.0 Å². The van der Waals surface area contributed by atoms with Crippen LogP contribution in [0.5, 0.6) is 0 Å². The molecular formula is C17H26N2O. The third-order valence-corrected chi connectivity index (χ3v) is 4.12. The Morgan fingerprint density at radius 1 is 1.10 bits per heavy atom. The van der Waals surface area contributed by atoms with Crippen LogP contribution >= 0.6 is 0 Å². The fourth-order valence-electron chi connectivity index (χ4n) is 2.89. The number of anilines is 1. The van der Waals surface area contributed by atoms with Gasteiger partial charge in [0.05, 0.1) is 6.54 Å². The van der Waals surface area contributed by atoms with E-state index in [1.54, 1.807) is 0 Å². The number of piperidine rings is 1. The number of likely N-dealkylation sites (tertiary alicyclic amines) is 1. The van der Waals surface area contributed by atoms with Gasteiger partial charge in [-0.15, -0.1) is 0 Å². The van der Waals surface area contributed by atoms with Gasteiger partial charge in [-0.25, -0.2) is 0 Å². The first kappa shape index (κ1) is 14.9. The predicted molar refractivity (Wildman–Crippen MR) is 84.1 cm³/mol. The zero-order chi connectivity index (χ0) is 14.4. The molecule has 0 saturated carbocycles. The van der Waals surface area contributed by atoms with Crippen LogP contribution in [0, 0.1) is 0 Å². The van der Waals surface area contributed by atoms with Gasteiger partial charge in [-0.2, -0.15) is 0 Å². The van der Waals surface area contributed by atoms with Crippen molar-refractivity contribution in [3.8, 4) is 0 Å². The number of amides is 1. The summed E-state index contributed by atoms with van der Waals surface area (Å²) in [5, 5.41) is 3.39. The summed E-state index contributed by atoms with van der Waals surface area (Å²) in [7, 11) is 0. The molecule has 3 heteroatoms. The molecule has 0 unspecified atom stereocenters. The lowest BCUT2D eigenvalue weighted by Gasteiger charge is -2.27. The molecule has 3 nitrogen and oxygen atoms in total. The molecule has 1 aliphatic rings. The highest BCUT2D eigenvalue weighted by Gasteiger charge is 2.16. The number of rotatable bonds is 5. The molecule has 1 saturated heterocycles. The summed E-state index contributed by atoms with van der Waals surface area (Å²) in [4.78, 5) is 14.2. The minimum atomic E-state index is 0.234. The van der Waals surface area contributed by atoms with Crippen molar-refractivity contribution >= 4 is 11.6 Å². The molecule has 1 aliphatic heterocycles. The zero-order valence-electron chi connectivity index (χ0n) is 12.7. The monoisotopic (exact) mass is 274 g/mol. The van der Waals surface area contributed by atoms with E-state index >= 15 is 0 Å². The molecular weight excluding hydrogens is 248 g/mol. The average molecular weight is 274 g/mol. The molecule has 1 N–H and O–H groups in total. The molecule has 0 bridgehead atoms. The van der Waals surface area contributed by atoms with Crippen LogP contribution in [0.4, 0.5) is 5.69 Å². The summed E-state index contributed by atoms with van der Waals surface area (Å²) < 4.78 is 0. The molecule has 1 aromatic rings. The molecule has 0 atom stereocenters. The maximum atomic E-state index is 12.2. The van der Waals surface area contributed by atoms with Gasteiger partial charge in [0.2, 0.25) is 5.91 Å². The number of nitrogens with zero attached hydrogens (tertiary/aromatic N) is 1. The van der Waals surface area contributed by atoms with Gasteiger partial charge in [-0.05, 0) is 43.2 Å². The maximum Gasteiger partial charge on any atom is 0.241 e. The Kier molecular flexibility index (Phi) is 5.45. The van der Waals surface area contributed by atoms with Crippen LogP contribution in [-0.2, 0) is 17.6 Å². The van der Waals surface area contributed by atoms with Crippen molar-refractivity contribution in [3.05, 3.63) is 29.3 Å². The number of carbonyl (C=O) groups excluding carboxylic acids is 1. The highest BCUT2D eigenvalue weighted by Crippen LogP contribution is 2.22. The van der Waals surface area contributed by atoms with E-state index in [2.05, 4.69) is 37.4 Å². The van der Waals surface area contributed by atoms with Gasteiger partial charge in [0.1, 0.15) is 0 Å². The van der Waals surface area contributed by atoms with Gasteiger partial charge in [0, 0.05) is 18.8 Å². The van der Waals surface area contributed by atoms with E-state index in [9.17, 15) is 4.79 Å². The standard InChI is InChI=1S/C17H26N2O/c1-3-14-9-8-10-15(4-2)17(14)18-13-16(20)19-11-6-5-7-12-19/h8-10,18H,3-7,11-13H2,1-2H3. The molecule has 0 radical (unpaired) electrons. The molecule has 1 fully saturated rings. The van der Waals surface area contributed by atoms with Crippen molar-refractivity contribution in [3.63, 3.8) is 0 Å². The lowest BCUT2D eigenvalue weighted by atomic mass is 10.0. The Labute approximate surface area is 122 Å². The second-order valence-electron chi connectivity index (χ2n) is 5.45. The van der Waals surface area contributed by atoms with Crippen LogP contribution < -0.4 is 5.32 Å². The van der Waals surface area contributed by atoms with Crippen molar-refractivity contribution in [2.45, 2.75) is 46.0 Å². The van der Waals surface area contributed by atoms with Gasteiger partial charge in [0.25, 0.3) is 0 Å². The Hall–Kier alpha value is -1.51. The Morgan fingerprint density at radius 3 is 2.25 bits per heavy atom. The van der Waals surface area contributed by atoms with Crippen LogP contribution in [0.2, 0.25) is 0 Å². The van der Waals surface area contributed by atoms with Crippen LogP contribution in [0.3, 0.4) is 0 Å². The number of carbonyl (C=O) groups is 1. The average Bonchev–Trinajstić information content (AvgIpc) is 2.52. The molecule has 1 aromatic carbocycles. The highest BCUT2D eigenvalue weighted by atomic mass is 16.2. The number of hydrogen-bond acceptors (Lipinski definition) is 2. The Morgan fingerprint density at radius 2 is 1.70 bits per heavy atom. The normalized spacial score (nSPS) is 15.2. The number of aryl methyl sites for hydroxylation is 2. The molecule has 20 heavy (non-hydrogen) atoms. The smallest absolute Gasteiger partial charge is 0.241 e. The third kappa shape index (κ3) is 3.53. The summed E-state index contributed by atoms with van der Waals surface area (Å²) in [6.07, 6.45) is 5.55. The number of nitrogens with one attached hydrogen (secondary N) is 1. The van der Waals surface area contributed by atoms with Crippen LogP contribution in [0.15, 0.2) is 18.2 Å². The van der Waals surface area contributed by atoms with Gasteiger partial charge in [-0.1, -0.05) is 32.0 Å². The van der Waals surface area contributed by atoms with Gasteiger partial charge < -0.3 is 10.2 Å². The summed E-state index contributed by atoms with van der Waals surface area (Å²) in [6, 6.07) is 6.40. The van der Waals surface area contributed by atoms with Crippen LogP contribution in [0.1, 0.15) is 44.2 Å². The van der Waals surface area contributed by atoms with Crippen molar-refractivity contribution in [2.24, 2.45) is 0 Å². The molecule has 1 amide bonds. The molecule has 0 aliphatic carbocycles. The number of benzene rings is 1. The summed E-state index contributed by atoms with van der Waals surface area (Å²) >= 11 is 0. The quantitative estimate of drug-likeness (QED) is 0.894. The fraction of sp³-hybridized carbons (Fsp3) is 0.588. The van der Waals surface area contributed by atoms with Gasteiger partial charge in [-0.3, -0.25) is 4.79 Å². The Bertz CT molecular complexity index is 428. The van der Waals surface area contributed by atoms with Crippen molar-refractivity contribution in [1.82, 2.24) is 4.90 Å². The minimum absolute atomic E-state index is 0.234. The van der Waals surface area contributed by atoms with E-state index < -0.39 is 0 Å². The summed E-state index contributed by atoms with van der Waals surface area (Å²) in [5.74, 6) is 0.234. The second kappa shape index (κ2) is 7.32. The van der Waals surface area contributed by atoms with Crippen LogP contribution in [-0.4, -0.2) is 30.4 Å². The Balaban J connectivity index is 2.00. The first-order valence-electron chi connectivity index (χ1n) is 7.88. The van der Waals surface area contributed by atoms with Crippen LogP contribution in [0.25, 0.3) is 0 Å². The van der Waals surface area contributed by atoms with E-state index in [0.29, 0.717) is 6.54 Å². The van der Waals surface area contributed by atoms with Crippen molar-refractivity contribution < 1.29 is 4.79 Å². The molecule has 1 heterocycles. The maximum absolute atomic E-state index is 12.2. The third-order valence-electron chi connectivity index (χ3n) is 4.12. The molecule has 0 aromatic heterocycles. The largest absolute Gasteiger partial charge is 0.376 e. The zero-order valence-corrected chi connectivity index (χ0v) is 12.7. The summed E-state index contributed by atoms with van der Waals surface area (Å²) in [5.41, 5.74) is 3.77. The highest BCUT2D eigenvalue weighted by molar-refractivity contribution is 5.81. The van der Waals surface area contributed by atoms with E-state index in [1.807, 2.05) is 4.90 Å². The topological polar surface area (TPSA) is 32.3 Å². The second-order valence-corrected chi connectivity index (χ2v) is 5.45. The molecule has 2 rings (SSSR count). The fourth-order valence-corrected chi connectivity index (χ4v) is 2.89. The number of hydrogen-bond donors (Lipinski definition) is 1. The molecule has 0 spiro atoms. The molecule has 110 valence electrons. The first-order chi connectivity index (χ1) is 9.76. The SMILES string of the molecule is CCc1cccc(CC)c1NCC(=O)N1CCCCC1. The van der Waals surface area contributed by atoms with E-state index in [4.69, 9.17) is 0 Å². The number of para-hydroxylation sites is 1. The lowest BCUT2D eigenvalue weighted by Crippen LogP contribution is -2.39. The lowest BCUT2D eigenvalue weighted by molar-refractivity contribution is -0.130. The minimum Gasteiger partial charge on any atom is -0.376 e. The van der Waals surface area contributed by atoms with Gasteiger partial charge >= 0.3 is 0 Å². The van der Waals surface area contributed by atoms with E-state index in [0.717, 1.165) is 38.8 Å².